The van der Waals surface area contributed by atoms with Gasteiger partial charge in [0.2, 0.25) is 29.5 Å². The summed E-state index contributed by atoms with van der Waals surface area (Å²) in [4.78, 5) is 99.2. The van der Waals surface area contributed by atoms with E-state index in [9.17, 15) is 28.8 Å². The van der Waals surface area contributed by atoms with E-state index in [1.54, 1.807) is 69.4 Å². The van der Waals surface area contributed by atoms with Gasteiger partial charge in [0.15, 0.2) is 0 Å². The van der Waals surface area contributed by atoms with E-state index in [1.807, 2.05) is 83.1 Å². The first-order valence-corrected chi connectivity index (χ1v) is 27.1. The Labute approximate surface area is 431 Å². The molecule has 5 fully saturated rings. The van der Waals surface area contributed by atoms with Crippen molar-refractivity contribution in [1.82, 2.24) is 46.2 Å². The van der Waals surface area contributed by atoms with Crippen molar-refractivity contribution in [3.63, 3.8) is 0 Å². The van der Waals surface area contributed by atoms with Gasteiger partial charge in [-0.1, -0.05) is 113 Å². The Balaban J connectivity index is 1.06. The van der Waals surface area contributed by atoms with Crippen molar-refractivity contribution in [3.05, 3.63) is 71.8 Å². The molecule has 0 aromatic heterocycles. The first kappa shape index (κ1) is 53.3. The van der Waals surface area contributed by atoms with Gasteiger partial charge in [-0.3, -0.25) is 28.8 Å². The SMILES string of the molecule is CNCC(=S)N[C@H]1CCS[C@H]2CC(C)(C)[C@@H](C(=O)N[C@H](C(=O)N3CCN(C(=O)C(C=NC(=O)[C@H]4N5C(=O)[C@@H](NC(=S)[C@H](C)NC)CCS[C@H]5CC4(C)C)c4ccccc4)CC3)c3ccccc3)N2C1=O. The Bertz CT molecular complexity index is 2320. The fourth-order valence-electron chi connectivity index (χ4n) is 10.4. The Morgan fingerprint density at radius 1 is 0.743 bits per heavy atom. The Morgan fingerprint density at radius 2 is 1.24 bits per heavy atom. The van der Waals surface area contributed by atoms with Crippen LogP contribution in [0.3, 0.4) is 0 Å². The van der Waals surface area contributed by atoms with Gasteiger partial charge in [0.1, 0.15) is 30.2 Å². The van der Waals surface area contributed by atoms with E-state index in [2.05, 4.69) is 31.6 Å². The van der Waals surface area contributed by atoms with Crippen LogP contribution in [-0.4, -0.2) is 171 Å². The molecule has 5 N–H and O–H groups in total. The van der Waals surface area contributed by atoms with E-state index >= 15 is 0 Å². The largest absolute Gasteiger partial charge is 0.367 e. The number of likely N-dealkylation sites (N-methyl/N-ethyl adjacent to an activating group) is 2. The molecule has 5 saturated heterocycles. The topological polar surface area (TPSA) is 188 Å². The number of nitrogens with one attached hydrogen (secondary N) is 5. The van der Waals surface area contributed by atoms with Gasteiger partial charge in [0, 0.05) is 38.9 Å². The fraction of sp³-hybridized carbons (Fsp3) is 0.580. The zero-order chi connectivity index (χ0) is 50.5. The first-order valence-electron chi connectivity index (χ1n) is 24.2. The highest BCUT2D eigenvalue weighted by atomic mass is 32.2. The lowest BCUT2D eigenvalue weighted by atomic mass is 9.83. The third kappa shape index (κ3) is 11.7. The number of aliphatic imine (C=N–C) groups is 1. The molecule has 0 bridgehead atoms. The maximum Gasteiger partial charge on any atom is 0.268 e. The third-order valence-electron chi connectivity index (χ3n) is 14.2. The van der Waals surface area contributed by atoms with Gasteiger partial charge >= 0.3 is 0 Å². The molecule has 2 aromatic carbocycles. The zero-order valence-corrected chi connectivity index (χ0v) is 44.4. The maximum absolute atomic E-state index is 14.7. The number of thiocarbonyl (C=S) groups is 2. The number of thioether (sulfide) groups is 2. The van der Waals surface area contributed by atoms with Gasteiger partial charge in [-0.25, -0.2) is 4.99 Å². The number of nitrogens with zero attached hydrogens (tertiary/aromatic N) is 5. The molecule has 1 unspecified atom stereocenters. The normalized spacial score (nSPS) is 26.6. The summed E-state index contributed by atoms with van der Waals surface area (Å²) in [6, 6.07) is 14.2. The quantitative estimate of drug-likeness (QED) is 0.137. The van der Waals surface area contributed by atoms with E-state index in [0.29, 0.717) is 53.3 Å². The van der Waals surface area contributed by atoms with E-state index in [-0.39, 0.29) is 66.6 Å². The van der Waals surface area contributed by atoms with Crippen LogP contribution in [0.4, 0.5) is 0 Å². The van der Waals surface area contributed by atoms with Crippen LogP contribution in [-0.2, 0) is 28.8 Å². The van der Waals surface area contributed by atoms with Gasteiger partial charge in [0.05, 0.1) is 32.7 Å². The van der Waals surface area contributed by atoms with Crippen molar-refractivity contribution >= 4 is 99.6 Å². The van der Waals surface area contributed by atoms with E-state index in [1.165, 1.54) is 6.21 Å². The third-order valence-corrected chi connectivity index (χ3v) is 17.5. The predicted octanol–water partition coefficient (Wildman–Crippen LogP) is 3.47. The van der Waals surface area contributed by atoms with Gasteiger partial charge in [-0.05, 0) is 80.2 Å². The van der Waals surface area contributed by atoms with Crippen LogP contribution in [0.5, 0.6) is 0 Å². The standard InChI is InChI=1S/C50H68N10O6S4/c1-30(52-7)44(68)55-35-19-25-70-37-26-49(2,3)40(59(37)47(35)65)42(61)53-28-33(31-14-10-8-11-15-31)45(63)57-20-22-58(23-21-57)48(66)39(32-16-12-9-13-17-32)56-43(62)41-50(4,5)27-38-60(41)46(64)34(18-24-69-38)54-36(67)29-51-6/h8-17,28,30,33-35,37-41,51-52H,18-27,29H2,1-7H3,(H,54,67)(H,55,68)(H,56,62)/t30-,33?,34-,35-,37-,38-,39-,40+,41+/m0/s1. The zero-order valence-electron chi connectivity index (χ0n) is 41.1. The van der Waals surface area contributed by atoms with Gasteiger partial charge in [-0.15, -0.1) is 23.5 Å². The first-order chi connectivity index (χ1) is 33.4. The Hall–Kier alpha value is -4.47. The summed E-state index contributed by atoms with van der Waals surface area (Å²) in [6.07, 6.45) is 3.76. The van der Waals surface area contributed by atoms with Crippen LogP contribution >= 0.6 is 48.0 Å². The molecule has 0 saturated carbocycles. The summed E-state index contributed by atoms with van der Waals surface area (Å²) in [6.45, 7) is 11.1. The molecule has 9 atom stereocenters. The minimum Gasteiger partial charge on any atom is -0.367 e. The molecule has 2 aromatic rings. The molecule has 5 heterocycles. The monoisotopic (exact) mass is 1030 g/mol. The molecule has 0 spiro atoms. The molecular weight excluding hydrogens is 965 g/mol. The minimum absolute atomic E-state index is 0.136. The van der Waals surface area contributed by atoms with E-state index in [4.69, 9.17) is 24.4 Å². The average Bonchev–Trinajstić information content (AvgIpc) is 3.66. The van der Waals surface area contributed by atoms with Crippen molar-refractivity contribution in [1.29, 1.82) is 0 Å². The summed E-state index contributed by atoms with van der Waals surface area (Å²) in [5.41, 5.74) is 0.0660. The highest BCUT2D eigenvalue weighted by molar-refractivity contribution is 8.00. The maximum atomic E-state index is 14.7. The summed E-state index contributed by atoms with van der Waals surface area (Å²) in [5, 5.41) is 15.3. The highest BCUT2D eigenvalue weighted by Gasteiger charge is 2.56. The lowest BCUT2D eigenvalue weighted by molar-refractivity contribution is -0.145. The molecule has 0 aliphatic carbocycles. The molecule has 378 valence electrons. The number of carbonyl (C=O) groups is 6. The molecule has 70 heavy (non-hydrogen) atoms. The summed E-state index contributed by atoms with van der Waals surface area (Å²) < 4.78 is 0. The minimum atomic E-state index is -1.05. The van der Waals surface area contributed by atoms with Crippen LogP contribution in [0, 0.1) is 10.8 Å². The Morgan fingerprint density at radius 3 is 1.79 bits per heavy atom. The lowest BCUT2D eigenvalue weighted by Crippen LogP contribution is -2.59. The molecule has 6 amide bonds. The van der Waals surface area contributed by atoms with Crippen LogP contribution in [0.2, 0.25) is 0 Å². The molecular formula is C50H68N10O6S4. The van der Waals surface area contributed by atoms with Gasteiger partial charge in [-0.2, -0.15) is 0 Å². The van der Waals surface area contributed by atoms with Crippen molar-refractivity contribution in [2.45, 2.75) is 113 Å². The smallest absolute Gasteiger partial charge is 0.268 e. The molecule has 7 rings (SSSR count). The van der Waals surface area contributed by atoms with Crippen LogP contribution in [0.1, 0.15) is 83.4 Å². The van der Waals surface area contributed by atoms with Crippen LogP contribution in [0.15, 0.2) is 65.7 Å². The fourth-order valence-corrected chi connectivity index (χ4v) is 14.1. The number of hydrogen-bond donors (Lipinski definition) is 5. The van der Waals surface area contributed by atoms with Crippen molar-refractivity contribution in [3.8, 4) is 0 Å². The number of benzene rings is 2. The van der Waals surface area contributed by atoms with Crippen molar-refractivity contribution < 1.29 is 28.8 Å². The van der Waals surface area contributed by atoms with E-state index < -0.39 is 58.8 Å². The summed E-state index contributed by atoms with van der Waals surface area (Å²) >= 11 is 14.4. The molecule has 0 radical (unpaired) electrons. The summed E-state index contributed by atoms with van der Waals surface area (Å²) in [5.74, 6) is -1.35. The highest BCUT2D eigenvalue weighted by Crippen LogP contribution is 2.48. The average molecular weight is 1030 g/mol. The second-order valence-electron chi connectivity index (χ2n) is 20.1. The Kier molecular flexibility index (Phi) is 17.5. The second-order valence-corrected chi connectivity index (χ2v) is 23.6. The number of fused-ring (bicyclic) bond motifs is 2. The van der Waals surface area contributed by atoms with Crippen LogP contribution < -0.4 is 26.6 Å². The van der Waals surface area contributed by atoms with Crippen LogP contribution in [0.25, 0.3) is 0 Å². The second kappa shape index (κ2) is 22.9. The van der Waals surface area contributed by atoms with Crippen molar-refractivity contribution in [2.24, 2.45) is 15.8 Å². The lowest BCUT2D eigenvalue weighted by Gasteiger charge is -2.38. The van der Waals surface area contributed by atoms with Gasteiger partial charge < -0.3 is 46.2 Å². The number of carbonyl (C=O) groups excluding carboxylic acids is 6. The molecule has 5 aliphatic rings. The molecule has 5 aliphatic heterocycles. The number of rotatable bonds is 14. The molecule has 16 nitrogen and oxygen atoms in total. The summed E-state index contributed by atoms with van der Waals surface area (Å²) in [7, 11) is 3.59. The predicted molar refractivity (Wildman–Crippen MR) is 284 cm³/mol. The number of piperazine rings is 1. The van der Waals surface area contributed by atoms with Crippen molar-refractivity contribution in [2.75, 3.05) is 58.3 Å². The number of hydrogen-bond acceptors (Lipinski definition) is 12. The van der Waals surface area contributed by atoms with Gasteiger partial charge in [0.25, 0.3) is 5.91 Å². The number of amides is 6. The van der Waals surface area contributed by atoms with E-state index in [0.717, 1.165) is 11.5 Å². The molecule has 20 heteroatoms.